The Bertz CT molecular complexity index is 682. The zero-order valence-electron chi connectivity index (χ0n) is 13.0. The lowest BCUT2D eigenvalue weighted by Crippen LogP contribution is -2.13. The number of thioether (sulfide) groups is 1. The van der Waals surface area contributed by atoms with Crippen molar-refractivity contribution in [3.63, 3.8) is 0 Å². The molecule has 24 heavy (non-hydrogen) atoms. The summed E-state index contributed by atoms with van der Waals surface area (Å²) in [4.78, 5) is 12.7. The number of carbonyl (C=O) groups is 1. The van der Waals surface area contributed by atoms with E-state index in [0.29, 0.717) is 46.9 Å². The van der Waals surface area contributed by atoms with Crippen molar-refractivity contribution in [2.75, 3.05) is 25.6 Å². The number of ether oxygens (including phenoxy) is 2. The van der Waals surface area contributed by atoms with Crippen LogP contribution in [0, 0.1) is 0 Å². The van der Waals surface area contributed by atoms with Crippen LogP contribution >= 0.6 is 11.8 Å². The molecule has 0 unspecified atom stereocenters. The standard InChI is InChI=1S/C17H17F2NO3S/c1-22-9-10-23-13-6-4-5-12(11-13)16(21)20-14-7-2-3-8-15(14)24-17(18)19/h2-8,11,17H,9-10H2,1H3,(H,20,21). The lowest BCUT2D eigenvalue weighted by molar-refractivity contribution is 0.102. The first-order valence-electron chi connectivity index (χ1n) is 7.17. The van der Waals surface area contributed by atoms with E-state index in [4.69, 9.17) is 9.47 Å². The number of hydrogen-bond acceptors (Lipinski definition) is 4. The lowest BCUT2D eigenvalue weighted by atomic mass is 10.2. The van der Waals surface area contributed by atoms with Crippen LogP contribution in [-0.2, 0) is 4.74 Å². The van der Waals surface area contributed by atoms with Crippen LogP contribution in [0.25, 0.3) is 0 Å². The molecule has 2 rings (SSSR count). The van der Waals surface area contributed by atoms with Gasteiger partial charge in [-0.2, -0.15) is 8.78 Å². The second-order valence-electron chi connectivity index (χ2n) is 4.70. The molecule has 0 aliphatic heterocycles. The van der Waals surface area contributed by atoms with Gasteiger partial charge in [-0.05, 0) is 30.3 Å². The van der Waals surface area contributed by atoms with Gasteiger partial charge in [0, 0.05) is 17.6 Å². The summed E-state index contributed by atoms with van der Waals surface area (Å²) >= 11 is 0.392. The molecule has 0 atom stereocenters. The van der Waals surface area contributed by atoms with Crippen LogP contribution < -0.4 is 10.1 Å². The van der Waals surface area contributed by atoms with Crippen molar-refractivity contribution < 1.29 is 23.0 Å². The molecule has 4 nitrogen and oxygen atoms in total. The summed E-state index contributed by atoms with van der Waals surface area (Å²) in [5.74, 6) is -2.41. The Hall–Kier alpha value is -2.12. The summed E-state index contributed by atoms with van der Waals surface area (Å²) in [7, 11) is 1.57. The summed E-state index contributed by atoms with van der Waals surface area (Å²) < 4.78 is 35.5. The largest absolute Gasteiger partial charge is 0.491 e. The van der Waals surface area contributed by atoms with E-state index in [2.05, 4.69) is 5.32 Å². The molecule has 1 amide bonds. The number of nitrogens with one attached hydrogen (secondary N) is 1. The quantitative estimate of drug-likeness (QED) is 0.568. The molecule has 0 spiro atoms. The van der Waals surface area contributed by atoms with Crippen LogP contribution in [0.4, 0.5) is 14.5 Å². The Morgan fingerprint density at radius 1 is 1.17 bits per heavy atom. The molecule has 0 heterocycles. The van der Waals surface area contributed by atoms with Gasteiger partial charge in [0.2, 0.25) is 0 Å². The molecule has 0 aliphatic rings. The molecule has 0 saturated heterocycles. The van der Waals surface area contributed by atoms with Crippen LogP contribution in [0.1, 0.15) is 10.4 Å². The van der Waals surface area contributed by atoms with Gasteiger partial charge in [-0.3, -0.25) is 4.79 Å². The Kier molecular flexibility index (Phi) is 7.02. The number of rotatable bonds is 8. The summed E-state index contributed by atoms with van der Waals surface area (Å²) in [5, 5.41) is 2.65. The average Bonchev–Trinajstić information content (AvgIpc) is 2.57. The van der Waals surface area contributed by atoms with Crippen LogP contribution in [0.5, 0.6) is 5.75 Å². The number of halogens is 2. The molecule has 0 fully saturated rings. The van der Waals surface area contributed by atoms with Gasteiger partial charge in [0.25, 0.3) is 11.7 Å². The molecule has 0 saturated carbocycles. The summed E-state index contributed by atoms with van der Waals surface area (Å²) in [6.45, 7) is 0.810. The van der Waals surface area contributed by atoms with Gasteiger partial charge in [-0.15, -0.1) is 0 Å². The second-order valence-corrected chi connectivity index (χ2v) is 5.73. The van der Waals surface area contributed by atoms with Crippen molar-refractivity contribution in [1.82, 2.24) is 0 Å². The predicted octanol–water partition coefficient (Wildman–Crippen LogP) is 4.28. The molecule has 1 N–H and O–H groups in total. The van der Waals surface area contributed by atoms with Crippen LogP contribution in [0.15, 0.2) is 53.4 Å². The number of amides is 1. The highest BCUT2D eigenvalue weighted by Crippen LogP contribution is 2.31. The minimum Gasteiger partial charge on any atom is -0.491 e. The minimum atomic E-state index is -2.56. The molecule has 0 aliphatic carbocycles. The van der Waals surface area contributed by atoms with E-state index in [1.807, 2.05) is 0 Å². The summed E-state index contributed by atoms with van der Waals surface area (Å²) in [5.41, 5.74) is 0.722. The number of benzene rings is 2. The molecule has 2 aromatic rings. The lowest BCUT2D eigenvalue weighted by Gasteiger charge is -2.11. The topological polar surface area (TPSA) is 47.6 Å². The minimum absolute atomic E-state index is 0.313. The van der Waals surface area contributed by atoms with E-state index in [9.17, 15) is 13.6 Å². The molecular formula is C17H17F2NO3S. The van der Waals surface area contributed by atoms with Gasteiger partial charge in [-0.1, -0.05) is 30.0 Å². The third kappa shape index (κ3) is 5.50. The average molecular weight is 353 g/mol. The van der Waals surface area contributed by atoms with Crippen molar-refractivity contribution in [2.45, 2.75) is 10.7 Å². The first kappa shape index (κ1) is 18.2. The Labute approximate surface area is 143 Å². The van der Waals surface area contributed by atoms with Crippen molar-refractivity contribution in [2.24, 2.45) is 0 Å². The molecule has 0 bridgehead atoms. The van der Waals surface area contributed by atoms with Gasteiger partial charge >= 0.3 is 0 Å². The molecule has 128 valence electrons. The third-order valence-corrected chi connectivity index (χ3v) is 3.79. The number of alkyl halides is 2. The maximum Gasteiger partial charge on any atom is 0.288 e. The number of anilines is 1. The number of para-hydroxylation sites is 1. The van der Waals surface area contributed by atoms with E-state index >= 15 is 0 Å². The molecule has 0 aromatic heterocycles. The van der Waals surface area contributed by atoms with E-state index in [-0.39, 0.29) is 0 Å². The van der Waals surface area contributed by atoms with Gasteiger partial charge < -0.3 is 14.8 Å². The maximum absolute atomic E-state index is 12.6. The Morgan fingerprint density at radius 2 is 1.96 bits per heavy atom. The van der Waals surface area contributed by atoms with Crippen LogP contribution in [0.3, 0.4) is 0 Å². The summed E-state index contributed by atoms with van der Waals surface area (Å²) in [6.07, 6.45) is 0. The first-order valence-corrected chi connectivity index (χ1v) is 8.05. The molecule has 2 aromatic carbocycles. The van der Waals surface area contributed by atoms with Gasteiger partial charge in [0.05, 0.1) is 12.3 Å². The zero-order valence-corrected chi connectivity index (χ0v) is 13.8. The number of hydrogen-bond donors (Lipinski definition) is 1. The van der Waals surface area contributed by atoms with Crippen LogP contribution in [0.2, 0.25) is 0 Å². The molecule has 0 radical (unpaired) electrons. The van der Waals surface area contributed by atoms with Crippen molar-refractivity contribution >= 4 is 23.4 Å². The third-order valence-electron chi connectivity index (χ3n) is 3.00. The highest BCUT2D eigenvalue weighted by Gasteiger charge is 2.13. The predicted molar refractivity (Wildman–Crippen MR) is 90.1 cm³/mol. The van der Waals surface area contributed by atoms with E-state index in [0.717, 1.165) is 0 Å². The number of carbonyl (C=O) groups excluding carboxylic acids is 1. The van der Waals surface area contributed by atoms with Crippen molar-refractivity contribution in [3.8, 4) is 5.75 Å². The zero-order chi connectivity index (χ0) is 17.4. The van der Waals surface area contributed by atoms with E-state index < -0.39 is 11.7 Å². The fourth-order valence-electron chi connectivity index (χ4n) is 1.93. The molecular weight excluding hydrogens is 336 g/mol. The van der Waals surface area contributed by atoms with Crippen molar-refractivity contribution in [1.29, 1.82) is 0 Å². The summed E-state index contributed by atoms with van der Waals surface area (Å²) in [6, 6.07) is 13.1. The fraction of sp³-hybridized carbons (Fsp3) is 0.235. The van der Waals surface area contributed by atoms with Gasteiger partial charge in [0.15, 0.2) is 0 Å². The Morgan fingerprint density at radius 3 is 2.71 bits per heavy atom. The Balaban J connectivity index is 2.08. The van der Waals surface area contributed by atoms with Gasteiger partial charge in [-0.25, -0.2) is 0 Å². The fourth-order valence-corrected chi connectivity index (χ4v) is 2.53. The maximum atomic E-state index is 12.6. The highest BCUT2D eigenvalue weighted by molar-refractivity contribution is 7.99. The smallest absolute Gasteiger partial charge is 0.288 e. The SMILES string of the molecule is COCCOc1cccc(C(=O)Nc2ccccc2SC(F)F)c1. The normalized spacial score (nSPS) is 10.7. The van der Waals surface area contributed by atoms with Crippen LogP contribution in [-0.4, -0.2) is 32.0 Å². The first-order chi connectivity index (χ1) is 11.6. The van der Waals surface area contributed by atoms with Crippen molar-refractivity contribution in [3.05, 3.63) is 54.1 Å². The molecule has 7 heteroatoms. The van der Waals surface area contributed by atoms with Gasteiger partial charge in [0.1, 0.15) is 12.4 Å². The van der Waals surface area contributed by atoms with E-state index in [1.54, 1.807) is 49.6 Å². The second kappa shape index (κ2) is 9.24. The van der Waals surface area contributed by atoms with E-state index in [1.165, 1.54) is 6.07 Å². The number of methoxy groups -OCH3 is 1. The monoisotopic (exact) mass is 353 g/mol. The highest BCUT2D eigenvalue weighted by atomic mass is 32.2.